The number of carbonyl (C=O) groups is 1. The summed E-state index contributed by atoms with van der Waals surface area (Å²) in [6.45, 7) is 0. The van der Waals surface area contributed by atoms with E-state index in [2.05, 4.69) is 10.2 Å². The smallest absolute Gasteiger partial charge is 0.241 e. The largest absolute Gasteiger partial charge is 0.366 e. The van der Waals surface area contributed by atoms with Crippen LogP contribution in [-0.4, -0.2) is 16.1 Å². The fraction of sp³-hybridized carbons (Fsp3) is 0. The predicted octanol–water partition coefficient (Wildman–Crippen LogP) is 0.562. The zero-order valence-electron chi connectivity index (χ0n) is 5.54. The Bertz CT molecular complexity index is 292. The van der Waals surface area contributed by atoms with Crippen LogP contribution in [0.1, 0.15) is 5.69 Å². The number of amides is 1. The van der Waals surface area contributed by atoms with Crippen molar-refractivity contribution in [1.29, 1.82) is 0 Å². The van der Waals surface area contributed by atoms with Gasteiger partial charge in [0.25, 0.3) is 0 Å². The highest BCUT2D eigenvalue weighted by Gasteiger charge is 1.96. The van der Waals surface area contributed by atoms with E-state index in [1.807, 2.05) is 0 Å². The summed E-state index contributed by atoms with van der Waals surface area (Å²) < 4.78 is 0. The third-order valence-electron chi connectivity index (χ3n) is 1.03. The van der Waals surface area contributed by atoms with Crippen LogP contribution < -0.4 is 5.73 Å². The van der Waals surface area contributed by atoms with E-state index in [0.29, 0.717) is 10.7 Å². The molecule has 1 aromatic rings. The lowest BCUT2D eigenvalue weighted by atomic mass is 10.4. The number of H-pyrrole nitrogens is 1. The Kier molecular flexibility index (Phi) is 2.28. The standard InChI is InChI=1S/C6H6ClN3O/c7-4-3-9-10-5(4)1-2-6(8)11/h1-3H,(H2,8,11)(H,9,10)/b2-1-. The summed E-state index contributed by atoms with van der Waals surface area (Å²) in [6, 6.07) is 0. The highest BCUT2D eigenvalue weighted by Crippen LogP contribution is 2.12. The quantitative estimate of drug-likeness (QED) is 0.639. The molecule has 1 heterocycles. The van der Waals surface area contributed by atoms with Crippen LogP contribution in [-0.2, 0) is 4.79 Å². The number of nitrogens with two attached hydrogens (primary N) is 1. The fourth-order valence-corrected chi connectivity index (χ4v) is 0.718. The van der Waals surface area contributed by atoms with Gasteiger partial charge in [-0.05, 0) is 6.08 Å². The van der Waals surface area contributed by atoms with Crippen molar-refractivity contribution < 1.29 is 4.79 Å². The minimum atomic E-state index is -0.518. The number of nitrogens with zero attached hydrogens (tertiary/aromatic N) is 1. The van der Waals surface area contributed by atoms with Gasteiger partial charge in [-0.25, -0.2) is 0 Å². The van der Waals surface area contributed by atoms with Gasteiger partial charge in [0.15, 0.2) is 0 Å². The van der Waals surface area contributed by atoms with E-state index in [1.54, 1.807) is 0 Å². The van der Waals surface area contributed by atoms with Crippen molar-refractivity contribution in [3.05, 3.63) is 23.0 Å². The summed E-state index contributed by atoms with van der Waals surface area (Å²) in [4.78, 5) is 10.3. The molecule has 0 atom stereocenters. The first-order valence-corrected chi connectivity index (χ1v) is 3.24. The average molecular weight is 172 g/mol. The summed E-state index contributed by atoms with van der Waals surface area (Å²) in [6.07, 6.45) is 4.12. The summed E-state index contributed by atoms with van der Waals surface area (Å²) in [5.74, 6) is -0.518. The minimum absolute atomic E-state index is 0.461. The minimum Gasteiger partial charge on any atom is -0.366 e. The SMILES string of the molecule is NC(=O)/C=C\c1[nH]ncc1Cl. The molecule has 58 valence electrons. The van der Waals surface area contributed by atoms with Crippen molar-refractivity contribution in [2.45, 2.75) is 0 Å². The number of carbonyl (C=O) groups excluding carboxylic acids is 1. The summed E-state index contributed by atoms with van der Waals surface area (Å²) >= 11 is 5.63. The van der Waals surface area contributed by atoms with Crippen molar-refractivity contribution in [3.8, 4) is 0 Å². The molecule has 1 amide bonds. The van der Waals surface area contributed by atoms with Crippen molar-refractivity contribution >= 4 is 23.6 Å². The average Bonchev–Trinajstić information content (AvgIpc) is 2.31. The third kappa shape index (κ3) is 2.09. The first-order valence-electron chi connectivity index (χ1n) is 2.86. The van der Waals surface area contributed by atoms with Crippen LogP contribution in [0.2, 0.25) is 5.02 Å². The van der Waals surface area contributed by atoms with Crippen LogP contribution in [0, 0.1) is 0 Å². The number of primary amides is 1. The van der Waals surface area contributed by atoms with E-state index in [1.165, 1.54) is 18.3 Å². The van der Waals surface area contributed by atoms with Gasteiger partial charge in [0.1, 0.15) is 0 Å². The maximum Gasteiger partial charge on any atom is 0.241 e. The maximum absolute atomic E-state index is 10.3. The van der Waals surface area contributed by atoms with Crippen molar-refractivity contribution in [2.24, 2.45) is 5.73 Å². The van der Waals surface area contributed by atoms with Gasteiger partial charge < -0.3 is 5.73 Å². The van der Waals surface area contributed by atoms with E-state index < -0.39 is 5.91 Å². The normalized spacial score (nSPS) is 10.6. The van der Waals surface area contributed by atoms with Gasteiger partial charge in [-0.3, -0.25) is 9.89 Å². The molecular formula is C6H6ClN3O. The molecule has 0 aliphatic carbocycles. The molecule has 0 aromatic carbocycles. The van der Waals surface area contributed by atoms with E-state index in [0.717, 1.165) is 0 Å². The van der Waals surface area contributed by atoms with Crippen LogP contribution in [0.4, 0.5) is 0 Å². The van der Waals surface area contributed by atoms with Crippen molar-refractivity contribution in [3.63, 3.8) is 0 Å². The second-order valence-corrected chi connectivity index (χ2v) is 2.27. The van der Waals surface area contributed by atoms with Gasteiger partial charge in [-0.2, -0.15) is 5.10 Å². The number of aromatic amines is 1. The summed E-state index contributed by atoms with van der Waals surface area (Å²) in [5, 5.41) is 6.68. The summed E-state index contributed by atoms with van der Waals surface area (Å²) in [5.41, 5.74) is 5.43. The Hall–Kier alpha value is -1.29. The van der Waals surface area contributed by atoms with Crippen molar-refractivity contribution in [1.82, 2.24) is 10.2 Å². The molecule has 0 saturated carbocycles. The van der Waals surface area contributed by atoms with Gasteiger partial charge in [-0.15, -0.1) is 0 Å². The molecule has 3 N–H and O–H groups in total. The third-order valence-corrected chi connectivity index (χ3v) is 1.34. The zero-order chi connectivity index (χ0) is 8.27. The highest BCUT2D eigenvalue weighted by atomic mass is 35.5. The van der Waals surface area contributed by atoms with Gasteiger partial charge >= 0.3 is 0 Å². The molecule has 0 spiro atoms. The molecule has 0 saturated heterocycles. The van der Waals surface area contributed by atoms with Gasteiger partial charge in [0.05, 0.1) is 16.9 Å². The first-order chi connectivity index (χ1) is 5.20. The molecule has 0 radical (unpaired) electrons. The Morgan fingerprint density at radius 3 is 3.00 bits per heavy atom. The Morgan fingerprint density at radius 2 is 2.55 bits per heavy atom. The molecule has 4 nitrogen and oxygen atoms in total. The van der Waals surface area contributed by atoms with Crippen LogP contribution in [0.15, 0.2) is 12.3 Å². The van der Waals surface area contributed by atoms with Crippen LogP contribution in [0.5, 0.6) is 0 Å². The predicted molar refractivity (Wildman–Crippen MR) is 41.8 cm³/mol. The lowest BCUT2D eigenvalue weighted by molar-refractivity contribution is -0.113. The molecule has 1 rings (SSSR count). The van der Waals surface area contributed by atoms with Gasteiger partial charge in [-0.1, -0.05) is 11.6 Å². The lowest BCUT2D eigenvalue weighted by Crippen LogP contribution is -2.05. The highest BCUT2D eigenvalue weighted by molar-refractivity contribution is 6.31. The Labute approximate surface area is 68.0 Å². The first kappa shape index (κ1) is 7.81. The molecule has 11 heavy (non-hydrogen) atoms. The van der Waals surface area contributed by atoms with E-state index in [9.17, 15) is 4.79 Å². The molecule has 0 aliphatic rings. The molecule has 5 heteroatoms. The van der Waals surface area contributed by atoms with Gasteiger partial charge in [0.2, 0.25) is 5.91 Å². The number of hydrogen-bond donors (Lipinski definition) is 2. The second-order valence-electron chi connectivity index (χ2n) is 1.87. The molecule has 1 aromatic heterocycles. The molecule has 0 aliphatic heterocycles. The van der Waals surface area contributed by atoms with Gasteiger partial charge in [0, 0.05) is 6.08 Å². The lowest BCUT2D eigenvalue weighted by Gasteiger charge is -1.84. The van der Waals surface area contributed by atoms with E-state index in [4.69, 9.17) is 17.3 Å². The molecule has 0 unspecified atom stereocenters. The second kappa shape index (κ2) is 3.21. The maximum atomic E-state index is 10.3. The van der Waals surface area contributed by atoms with E-state index in [-0.39, 0.29) is 0 Å². The monoisotopic (exact) mass is 171 g/mol. The number of nitrogens with one attached hydrogen (secondary N) is 1. The van der Waals surface area contributed by atoms with Crippen LogP contribution >= 0.6 is 11.6 Å². The topological polar surface area (TPSA) is 71.8 Å². The van der Waals surface area contributed by atoms with Crippen LogP contribution in [0.3, 0.4) is 0 Å². The molecular weight excluding hydrogens is 166 g/mol. The molecule has 0 fully saturated rings. The fourth-order valence-electron chi connectivity index (χ4n) is 0.564. The van der Waals surface area contributed by atoms with Crippen LogP contribution in [0.25, 0.3) is 6.08 Å². The number of hydrogen-bond acceptors (Lipinski definition) is 2. The van der Waals surface area contributed by atoms with Crippen molar-refractivity contribution in [2.75, 3.05) is 0 Å². The summed E-state index contributed by atoms with van der Waals surface area (Å²) in [7, 11) is 0. The van der Waals surface area contributed by atoms with E-state index >= 15 is 0 Å². The zero-order valence-corrected chi connectivity index (χ0v) is 6.30. The number of rotatable bonds is 2. The number of aromatic nitrogens is 2. The Morgan fingerprint density at radius 1 is 1.82 bits per heavy atom. The molecule has 0 bridgehead atoms. The Balaban J connectivity index is 2.79. The number of halogens is 1.